The summed E-state index contributed by atoms with van der Waals surface area (Å²) in [6, 6.07) is 7.68. The van der Waals surface area contributed by atoms with Crippen LogP contribution in [-0.2, 0) is 0 Å². The molecule has 0 radical (unpaired) electrons. The molecule has 2 aromatic rings. The van der Waals surface area contributed by atoms with Gasteiger partial charge in [-0.1, -0.05) is 23.7 Å². The molecular weight excluding hydrogens is 303 g/mol. The van der Waals surface area contributed by atoms with Gasteiger partial charge in [0.2, 0.25) is 0 Å². The van der Waals surface area contributed by atoms with Crippen molar-refractivity contribution in [2.24, 2.45) is 0 Å². The van der Waals surface area contributed by atoms with Gasteiger partial charge in [0, 0.05) is 10.6 Å². The van der Waals surface area contributed by atoms with Gasteiger partial charge in [0.15, 0.2) is 17.5 Å². The SMILES string of the molecule is CC(NC(=O)c1cc(F)c(F)c(F)c1)c1ccc(Cl)cc1. The minimum Gasteiger partial charge on any atom is -0.346 e. The summed E-state index contributed by atoms with van der Waals surface area (Å²) < 4.78 is 39.0. The van der Waals surface area contributed by atoms with E-state index in [0.29, 0.717) is 17.2 Å². The maximum Gasteiger partial charge on any atom is 0.251 e. The van der Waals surface area contributed by atoms with Crippen molar-refractivity contribution in [1.82, 2.24) is 5.32 Å². The quantitative estimate of drug-likeness (QED) is 0.843. The molecule has 0 spiro atoms. The molecule has 0 saturated heterocycles. The number of hydrogen-bond donors (Lipinski definition) is 1. The number of carbonyl (C=O) groups is 1. The van der Waals surface area contributed by atoms with Crippen LogP contribution in [0.2, 0.25) is 5.02 Å². The summed E-state index contributed by atoms with van der Waals surface area (Å²) in [4.78, 5) is 11.9. The molecule has 0 heterocycles. The van der Waals surface area contributed by atoms with E-state index in [4.69, 9.17) is 11.6 Å². The minimum atomic E-state index is -1.60. The first kappa shape index (κ1) is 15.4. The van der Waals surface area contributed by atoms with E-state index in [1.165, 1.54) is 0 Å². The van der Waals surface area contributed by atoms with Crippen LogP contribution < -0.4 is 5.32 Å². The maximum absolute atomic E-state index is 13.1. The third-order valence-electron chi connectivity index (χ3n) is 2.96. The topological polar surface area (TPSA) is 29.1 Å². The summed E-state index contributed by atoms with van der Waals surface area (Å²) in [6.45, 7) is 1.71. The second-order valence-electron chi connectivity index (χ2n) is 4.50. The second kappa shape index (κ2) is 6.18. The zero-order chi connectivity index (χ0) is 15.6. The van der Waals surface area contributed by atoms with Gasteiger partial charge in [-0.25, -0.2) is 13.2 Å². The predicted molar refractivity (Wildman–Crippen MR) is 73.6 cm³/mol. The molecule has 0 fully saturated rings. The lowest BCUT2D eigenvalue weighted by Gasteiger charge is -2.14. The first-order chi connectivity index (χ1) is 9.88. The third-order valence-corrected chi connectivity index (χ3v) is 3.22. The normalized spacial score (nSPS) is 12.0. The van der Waals surface area contributed by atoms with Crippen molar-refractivity contribution in [3.05, 3.63) is 70.0 Å². The first-order valence-corrected chi connectivity index (χ1v) is 6.47. The number of benzene rings is 2. The molecule has 0 aliphatic carbocycles. The fourth-order valence-corrected chi connectivity index (χ4v) is 1.93. The van der Waals surface area contributed by atoms with Crippen molar-refractivity contribution in [3.8, 4) is 0 Å². The van der Waals surface area contributed by atoms with Crippen LogP contribution in [0.1, 0.15) is 28.9 Å². The molecule has 0 aromatic heterocycles. The Balaban J connectivity index is 2.16. The van der Waals surface area contributed by atoms with Crippen molar-refractivity contribution in [2.75, 3.05) is 0 Å². The highest BCUT2D eigenvalue weighted by Crippen LogP contribution is 2.18. The molecule has 21 heavy (non-hydrogen) atoms. The van der Waals surface area contributed by atoms with Gasteiger partial charge in [-0.15, -0.1) is 0 Å². The van der Waals surface area contributed by atoms with Gasteiger partial charge in [0.25, 0.3) is 5.91 Å². The Labute approximate surface area is 124 Å². The van der Waals surface area contributed by atoms with Crippen molar-refractivity contribution in [2.45, 2.75) is 13.0 Å². The molecule has 110 valence electrons. The summed E-state index contributed by atoms with van der Waals surface area (Å²) in [5.41, 5.74) is 0.489. The number of amides is 1. The van der Waals surface area contributed by atoms with E-state index >= 15 is 0 Å². The van der Waals surface area contributed by atoms with Crippen molar-refractivity contribution in [3.63, 3.8) is 0 Å². The van der Waals surface area contributed by atoms with Crippen LogP contribution in [0, 0.1) is 17.5 Å². The van der Waals surface area contributed by atoms with Crippen LogP contribution in [0.4, 0.5) is 13.2 Å². The number of rotatable bonds is 3. The molecule has 2 aromatic carbocycles. The number of halogens is 4. The molecule has 1 amide bonds. The fourth-order valence-electron chi connectivity index (χ4n) is 1.80. The van der Waals surface area contributed by atoms with Crippen molar-refractivity contribution >= 4 is 17.5 Å². The average Bonchev–Trinajstić information content (AvgIpc) is 2.44. The van der Waals surface area contributed by atoms with Crippen LogP contribution in [0.5, 0.6) is 0 Å². The largest absolute Gasteiger partial charge is 0.346 e. The Morgan fingerprint density at radius 3 is 2.14 bits per heavy atom. The lowest BCUT2D eigenvalue weighted by molar-refractivity contribution is 0.0938. The van der Waals surface area contributed by atoms with Crippen LogP contribution in [-0.4, -0.2) is 5.91 Å². The zero-order valence-corrected chi connectivity index (χ0v) is 11.7. The smallest absolute Gasteiger partial charge is 0.251 e. The van der Waals surface area contributed by atoms with E-state index in [2.05, 4.69) is 5.32 Å². The van der Waals surface area contributed by atoms with Crippen molar-refractivity contribution < 1.29 is 18.0 Å². The van der Waals surface area contributed by atoms with Crippen LogP contribution in [0.3, 0.4) is 0 Å². The average molecular weight is 314 g/mol. The summed E-state index contributed by atoms with van der Waals surface area (Å²) in [5, 5.41) is 3.12. The molecule has 2 rings (SSSR count). The van der Waals surface area contributed by atoms with Crippen LogP contribution >= 0.6 is 11.6 Å². The van der Waals surface area contributed by atoms with Crippen molar-refractivity contribution in [1.29, 1.82) is 0 Å². The Morgan fingerprint density at radius 2 is 1.62 bits per heavy atom. The Kier molecular flexibility index (Phi) is 4.53. The van der Waals surface area contributed by atoms with Gasteiger partial charge in [-0.2, -0.15) is 0 Å². The van der Waals surface area contributed by atoms with E-state index in [-0.39, 0.29) is 5.56 Å². The highest BCUT2D eigenvalue weighted by atomic mass is 35.5. The molecule has 0 saturated carbocycles. The predicted octanol–water partition coefficient (Wildman–Crippen LogP) is 4.25. The molecule has 0 aliphatic rings. The number of nitrogens with one attached hydrogen (secondary N) is 1. The number of hydrogen-bond acceptors (Lipinski definition) is 1. The molecule has 1 unspecified atom stereocenters. The first-order valence-electron chi connectivity index (χ1n) is 6.09. The molecule has 0 bridgehead atoms. The van der Waals surface area contributed by atoms with Gasteiger partial charge in [-0.3, -0.25) is 4.79 Å². The van der Waals surface area contributed by atoms with Gasteiger partial charge in [-0.05, 0) is 36.8 Å². The minimum absolute atomic E-state index is 0.285. The van der Waals surface area contributed by atoms with Gasteiger partial charge < -0.3 is 5.32 Å². The maximum atomic E-state index is 13.1. The third kappa shape index (κ3) is 3.55. The molecule has 0 aliphatic heterocycles. The van der Waals surface area contributed by atoms with E-state index in [0.717, 1.165) is 5.56 Å². The van der Waals surface area contributed by atoms with E-state index < -0.39 is 29.4 Å². The standard InChI is InChI=1S/C15H11ClF3NO/c1-8(9-2-4-11(16)5-3-9)20-15(21)10-6-12(17)14(19)13(18)7-10/h2-8H,1H3,(H,20,21). The molecular formula is C15H11ClF3NO. The number of carbonyl (C=O) groups excluding carboxylic acids is 1. The highest BCUT2D eigenvalue weighted by Gasteiger charge is 2.17. The summed E-state index contributed by atoms with van der Waals surface area (Å²) in [7, 11) is 0. The molecule has 1 atom stereocenters. The van der Waals surface area contributed by atoms with Crippen LogP contribution in [0.25, 0.3) is 0 Å². The Hall–Kier alpha value is -2.01. The molecule has 2 nitrogen and oxygen atoms in total. The summed E-state index contributed by atoms with van der Waals surface area (Å²) in [6.07, 6.45) is 0. The monoisotopic (exact) mass is 313 g/mol. The van der Waals surface area contributed by atoms with E-state index in [1.807, 2.05) is 0 Å². The Morgan fingerprint density at radius 1 is 1.10 bits per heavy atom. The van der Waals surface area contributed by atoms with Gasteiger partial charge in [0.1, 0.15) is 0 Å². The zero-order valence-electron chi connectivity index (χ0n) is 11.0. The van der Waals surface area contributed by atoms with Crippen LogP contribution in [0.15, 0.2) is 36.4 Å². The summed E-state index contributed by atoms with van der Waals surface area (Å²) >= 11 is 5.76. The fraction of sp³-hybridized carbons (Fsp3) is 0.133. The summed E-state index contributed by atoms with van der Waals surface area (Å²) in [5.74, 6) is -5.11. The Bertz CT molecular complexity index is 650. The highest BCUT2D eigenvalue weighted by molar-refractivity contribution is 6.30. The van der Waals surface area contributed by atoms with E-state index in [1.54, 1.807) is 31.2 Å². The van der Waals surface area contributed by atoms with Gasteiger partial charge in [0.05, 0.1) is 6.04 Å². The lowest BCUT2D eigenvalue weighted by Crippen LogP contribution is -2.27. The van der Waals surface area contributed by atoms with Gasteiger partial charge >= 0.3 is 0 Å². The second-order valence-corrected chi connectivity index (χ2v) is 4.94. The van der Waals surface area contributed by atoms with E-state index in [9.17, 15) is 18.0 Å². The lowest BCUT2D eigenvalue weighted by atomic mass is 10.1. The molecule has 6 heteroatoms. The molecule has 1 N–H and O–H groups in total.